The zero-order chi connectivity index (χ0) is 19.8. The van der Waals surface area contributed by atoms with Gasteiger partial charge in [0.25, 0.3) is 0 Å². The van der Waals surface area contributed by atoms with E-state index < -0.39 is 0 Å². The normalized spacial score (nSPS) is 40.2. The van der Waals surface area contributed by atoms with Gasteiger partial charge < -0.3 is 19.8 Å². The number of carbonyl (C=O) groups excluding carboxylic acids is 1. The van der Waals surface area contributed by atoms with Crippen LogP contribution in [0.2, 0.25) is 0 Å². The quantitative estimate of drug-likeness (QED) is 0.542. The average Bonchev–Trinajstić information content (AvgIpc) is 3.18. The molecule has 5 fully saturated rings. The highest BCUT2D eigenvalue weighted by molar-refractivity contribution is 5.68. The van der Waals surface area contributed by atoms with Gasteiger partial charge in [0.05, 0.1) is 12.8 Å². The lowest BCUT2D eigenvalue weighted by molar-refractivity contribution is -0.0284. The van der Waals surface area contributed by atoms with Crippen LogP contribution in [0.5, 0.6) is 0 Å². The Labute approximate surface area is 172 Å². The number of amides is 1. The van der Waals surface area contributed by atoms with E-state index in [0.29, 0.717) is 23.9 Å². The number of rotatable bonds is 4. The van der Waals surface area contributed by atoms with Gasteiger partial charge >= 0.3 is 6.09 Å². The van der Waals surface area contributed by atoms with Crippen molar-refractivity contribution in [2.24, 2.45) is 11.8 Å². The number of piperidine rings is 2. The zero-order valence-corrected chi connectivity index (χ0v) is 17.3. The molecule has 29 heavy (non-hydrogen) atoms. The molecular formula is C20H35N5O4. The third-order valence-corrected chi connectivity index (χ3v) is 7.38. The molecule has 4 heterocycles. The average molecular weight is 410 g/mol. The molecule has 5 aliphatic rings. The smallest absolute Gasteiger partial charge is 0.410 e. The maximum absolute atomic E-state index is 12.3. The lowest BCUT2D eigenvalue weighted by Gasteiger charge is -2.36. The minimum absolute atomic E-state index is 0.0460. The van der Waals surface area contributed by atoms with E-state index in [4.69, 9.17) is 14.4 Å². The predicted molar refractivity (Wildman–Crippen MR) is 105 cm³/mol. The Balaban J connectivity index is 1.08. The largest absolute Gasteiger partial charge is 0.443 e. The first kappa shape index (κ1) is 20.0. The second kappa shape index (κ2) is 8.28. The zero-order valence-electron chi connectivity index (χ0n) is 17.3. The number of likely N-dealkylation sites (tertiary alicyclic amines) is 1. The number of carbonyl (C=O) groups is 1. The van der Waals surface area contributed by atoms with Crippen molar-refractivity contribution in [3.63, 3.8) is 0 Å². The molecule has 9 nitrogen and oxygen atoms in total. The molecule has 4 aliphatic heterocycles. The van der Waals surface area contributed by atoms with Gasteiger partial charge in [-0.05, 0) is 64.3 Å². The minimum Gasteiger partial charge on any atom is -0.443 e. The highest BCUT2D eigenvalue weighted by atomic mass is 16.7. The van der Waals surface area contributed by atoms with Crippen LogP contribution in [0, 0.1) is 11.8 Å². The second-order valence-electron chi connectivity index (χ2n) is 9.65. The summed E-state index contributed by atoms with van der Waals surface area (Å²) in [5.41, 5.74) is 6.19. The molecule has 5 atom stereocenters. The van der Waals surface area contributed by atoms with Crippen molar-refractivity contribution in [1.29, 1.82) is 0 Å². The Morgan fingerprint density at radius 2 is 1.90 bits per heavy atom. The summed E-state index contributed by atoms with van der Waals surface area (Å²) in [4.78, 5) is 25.5. The van der Waals surface area contributed by atoms with Gasteiger partial charge in [0.1, 0.15) is 11.8 Å². The first-order valence-electron chi connectivity index (χ1n) is 11.4. The summed E-state index contributed by atoms with van der Waals surface area (Å²) in [5, 5.41) is 7.32. The summed E-state index contributed by atoms with van der Waals surface area (Å²) in [6.07, 6.45) is 7.21. The van der Waals surface area contributed by atoms with Crippen molar-refractivity contribution in [2.45, 2.75) is 81.9 Å². The molecule has 0 bridgehead atoms. The van der Waals surface area contributed by atoms with E-state index in [1.54, 1.807) is 0 Å². The molecule has 9 heteroatoms. The third-order valence-electron chi connectivity index (χ3n) is 7.38. The van der Waals surface area contributed by atoms with Crippen LogP contribution >= 0.6 is 0 Å². The number of hydrogen-bond donors (Lipinski definition) is 4. The monoisotopic (exact) mass is 409 g/mol. The first-order valence-corrected chi connectivity index (χ1v) is 11.4. The van der Waals surface area contributed by atoms with Crippen molar-refractivity contribution in [2.75, 3.05) is 26.2 Å². The van der Waals surface area contributed by atoms with Gasteiger partial charge in [-0.1, -0.05) is 0 Å². The summed E-state index contributed by atoms with van der Waals surface area (Å²) < 4.78 is 5.61. The highest BCUT2D eigenvalue weighted by Crippen LogP contribution is 2.39. The number of ether oxygens (including phenoxy) is 1. The van der Waals surface area contributed by atoms with E-state index in [1.807, 2.05) is 11.8 Å². The van der Waals surface area contributed by atoms with E-state index in [-0.39, 0.29) is 24.1 Å². The Kier molecular flexibility index (Phi) is 5.70. The number of nitrogens with zero attached hydrogens (tertiary/aromatic N) is 1. The summed E-state index contributed by atoms with van der Waals surface area (Å²) in [6, 6.07) is 0.827. The van der Waals surface area contributed by atoms with Crippen LogP contribution in [-0.2, 0) is 14.4 Å². The molecule has 5 unspecified atom stereocenters. The van der Waals surface area contributed by atoms with Crippen molar-refractivity contribution in [3.05, 3.63) is 0 Å². The molecule has 1 amide bonds. The lowest BCUT2D eigenvalue weighted by Crippen LogP contribution is -2.53. The van der Waals surface area contributed by atoms with Gasteiger partial charge in [-0.15, -0.1) is 0 Å². The van der Waals surface area contributed by atoms with Gasteiger partial charge in [-0.25, -0.2) is 4.79 Å². The summed E-state index contributed by atoms with van der Waals surface area (Å²) in [7, 11) is 0. The molecule has 0 aromatic carbocycles. The third kappa shape index (κ3) is 4.55. The van der Waals surface area contributed by atoms with Crippen LogP contribution < -0.4 is 21.6 Å². The van der Waals surface area contributed by atoms with Gasteiger partial charge in [-0.2, -0.15) is 11.0 Å². The fourth-order valence-electron chi connectivity index (χ4n) is 5.08. The topological polar surface area (TPSA) is 96.1 Å². The van der Waals surface area contributed by atoms with Crippen LogP contribution in [0.4, 0.5) is 4.79 Å². The lowest BCUT2D eigenvalue weighted by atomic mass is 9.86. The van der Waals surface area contributed by atoms with Gasteiger partial charge in [-0.3, -0.25) is 10.2 Å². The number of hydrogen-bond acceptors (Lipinski definition) is 8. The van der Waals surface area contributed by atoms with E-state index in [1.165, 1.54) is 0 Å². The maximum Gasteiger partial charge on any atom is 0.410 e. The summed E-state index contributed by atoms with van der Waals surface area (Å²) >= 11 is 0. The van der Waals surface area contributed by atoms with E-state index in [0.717, 1.165) is 71.2 Å². The molecule has 1 aliphatic carbocycles. The van der Waals surface area contributed by atoms with Gasteiger partial charge in [0.15, 0.2) is 0 Å². The van der Waals surface area contributed by atoms with Gasteiger partial charge in [0.2, 0.25) is 0 Å². The summed E-state index contributed by atoms with van der Waals surface area (Å²) in [5.74, 6) is 0.943. The molecular weight excluding hydrogens is 374 g/mol. The molecule has 0 aromatic rings. The summed E-state index contributed by atoms with van der Waals surface area (Å²) in [6.45, 7) is 5.34. The Morgan fingerprint density at radius 1 is 1.07 bits per heavy atom. The SMILES string of the molecule is CC1(OC(=O)N2CCC(C3NOC(C4CCNC(C5CCON5)C4)N3)CC2)CC1. The molecule has 164 valence electrons. The Hall–Kier alpha value is -0.970. The van der Waals surface area contributed by atoms with Crippen LogP contribution in [0.15, 0.2) is 0 Å². The molecule has 0 aromatic heterocycles. The first-order chi connectivity index (χ1) is 14.1. The van der Waals surface area contributed by atoms with E-state index in [2.05, 4.69) is 21.6 Å². The number of hydroxylamine groups is 2. The number of nitrogens with one attached hydrogen (secondary N) is 4. The van der Waals surface area contributed by atoms with E-state index >= 15 is 0 Å². The van der Waals surface area contributed by atoms with Crippen LogP contribution in [0.25, 0.3) is 0 Å². The minimum atomic E-state index is -0.198. The van der Waals surface area contributed by atoms with Crippen LogP contribution in [-0.4, -0.2) is 67.3 Å². The van der Waals surface area contributed by atoms with Gasteiger partial charge in [0, 0.05) is 31.1 Å². The Morgan fingerprint density at radius 3 is 2.62 bits per heavy atom. The molecule has 0 spiro atoms. The van der Waals surface area contributed by atoms with Crippen molar-refractivity contribution >= 4 is 6.09 Å². The van der Waals surface area contributed by atoms with Crippen LogP contribution in [0.3, 0.4) is 0 Å². The van der Waals surface area contributed by atoms with Crippen molar-refractivity contribution in [1.82, 2.24) is 26.5 Å². The van der Waals surface area contributed by atoms with Crippen molar-refractivity contribution in [3.8, 4) is 0 Å². The highest BCUT2D eigenvalue weighted by Gasteiger charge is 2.44. The van der Waals surface area contributed by atoms with Crippen LogP contribution in [0.1, 0.15) is 51.9 Å². The second-order valence-corrected chi connectivity index (χ2v) is 9.65. The molecule has 5 rings (SSSR count). The predicted octanol–water partition coefficient (Wildman–Crippen LogP) is 0.826. The van der Waals surface area contributed by atoms with E-state index in [9.17, 15) is 4.79 Å². The fraction of sp³-hybridized carbons (Fsp3) is 0.950. The molecule has 0 radical (unpaired) electrons. The van der Waals surface area contributed by atoms with Crippen molar-refractivity contribution < 1.29 is 19.2 Å². The fourth-order valence-corrected chi connectivity index (χ4v) is 5.08. The maximum atomic E-state index is 12.3. The Bertz CT molecular complexity index is 589. The standard InChI is InChI=1S/C20H35N5O4/c1-20(6-7-20)28-19(26)25-9-3-13(4-10-25)17-22-18(29-24-17)14-2-8-21-16(12-14)15-5-11-27-23-15/h13-18,21-24H,2-12H2,1H3. The molecule has 4 N–H and O–H groups in total. The molecule has 1 saturated carbocycles. The molecule has 4 saturated heterocycles.